The Bertz CT molecular complexity index is 497. The van der Waals surface area contributed by atoms with Gasteiger partial charge in [-0.1, -0.05) is 32.5 Å². The molecule has 25 heavy (non-hydrogen) atoms. The van der Waals surface area contributed by atoms with Gasteiger partial charge in [0.25, 0.3) is 0 Å². The van der Waals surface area contributed by atoms with Gasteiger partial charge >= 0.3 is 0 Å². The summed E-state index contributed by atoms with van der Waals surface area (Å²) in [5.74, 6) is 0.879. The molecule has 0 amide bonds. The predicted molar refractivity (Wildman–Crippen MR) is 110 cm³/mol. The summed E-state index contributed by atoms with van der Waals surface area (Å²) in [6.07, 6.45) is 2.91. The van der Waals surface area contributed by atoms with Crippen LogP contribution < -0.4 is 15.8 Å². The van der Waals surface area contributed by atoms with Gasteiger partial charge in [-0.05, 0) is 64.3 Å². The van der Waals surface area contributed by atoms with Crippen molar-refractivity contribution in [2.45, 2.75) is 76.8 Å². The minimum atomic E-state index is -0.364. The first kappa shape index (κ1) is 22.1. The van der Waals surface area contributed by atoms with Crippen molar-refractivity contribution in [3.63, 3.8) is 0 Å². The van der Waals surface area contributed by atoms with Crippen LogP contribution in [0.4, 0.5) is 5.69 Å². The molecule has 0 heterocycles. The number of nitrogens with two attached hydrogens (primary N) is 1. The Labute approximate surface area is 158 Å². The van der Waals surface area contributed by atoms with Gasteiger partial charge in [-0.2, -0.15) is 0 Å². The predicted octanol–water partition coefficient (Wildman–Crippen LogP) is 5.24. The summed E-state index contributed by atoms with van der Waals surface area (Å²) in [6, 6.07) is 8.19. The second kappa shape index (κ2) is 10.3. The minimum absolute atomic E-state index is 0.0301. The lowest BCUT2D eigenvalue weighted by Crippen LogP contribution is -2.39. The summed E-state index contributed by atoms with van der Waals surface area (Å²) >= 11 is 1.74. The summed E-state index contributed by atoms with van der Waals surface area (Å²) in [5.41, 5.74) is 6.85. The van der Waals surface area contributed by atoms with Crippen molar-refractivity contribution in [3.05, 3.63) is 24.3 Å². The normalized spacial score (nSPS) is 17.4. The van der Waals surface area contributed by atoms with Crippen molar-refractivity contribution >= 4 is 17.4 Å². The third-order valence-electron chi connectivity index (χ3n) is 4.27. The van der Waals surface area contributed by atoms with E-state index < -0.39 is 0 Å². The van der Waals surface area contributed by atoms with E-state index in [1.54, 1.807) is 11.8 Å². The number of hydrogen-bond donors (Lipinski definition) is 2. The molecule has 0 radical (unpaired) electrons. The molecule has 144 valence electrons. The maximum atomic E-state index is 6.35. The first-order chi connectivity index (χ1) is 11.8. The summed E-state index contributed by atoms with van der Waals surface area (Å²) in [7, 11) is 0. The van der Waals surface area contributed by atoms with E-state index in [1.165, 1.54) is 0 Å². The molecule has 0 saturated carbocycles. The Balaban J connectivity index is 2.80. The average Bonchev–Trinajstić information content (AvgIpc) is 2.60. The highest BCUT2D eigenvalue weighted by atomic mass is 32.2. The molecule has 0 spiro atoms. The SMILES string of the molecule is CCCNc1ccc(OC(C)(CC)SC(C)(CC)OC(C)CN)cc1. The molecule has 0 aliphatic heterocycles. The first-order valence-electron chi connectivity index (χ1n) is 9.40. The highest BCUT2D eigenvalue weighted by molar-refractivity contribution is 8.01. The van der Waals surface area contributed by atoms with E-state index in [0.29, 0.717) is 6.54 Å². The van der Waals surface area contributed by atoms with E-state index in [0.717, 1.165) is 37.2 Å². The Kier molecular flexibility index (Phi) is 9.11. The molecule has 1 aromatic rings. The third kappa shape index (κ3) is 7.47. The quantitative estimate of drug-likeness (QED) is 0.494. The third-order valence-corrected chi connectivity index (χ3v) is 5.89. The molecule has 0 aliphatic rings. The maximum Gasteiger partial charge on any atom is 0.154 e. The van der Waals surface area contributed by atoms with Gasteiger partial charge in [-0.15, -0.1) is 0 Å². The zero-order chi connectivity index (χ0) is 18.9. The van der Waals surface area contributed by atoms with Gasteiger partial charge in [0, 0.05) is 18.8 Å². The number of anilines is 1. The molecule has 0 fully saturated rings. The van der Waals surface area contributed by atoms with Crippen LogP contribution in [0.15, 0.2) is 24.3 Å². The zero-order valence-corrected chi connectivity index (χ0v) is 17.5. The Morgan fingerprint density at radius 2 is 1.68 bits per heavy atom. The molecule has 0 aliphatic carbocycles. The van der Waals surface area contributed by atoms with Gasteiger partial charge < -0.3 is 20.5 Å². The van der Waals surface area contributed by atoms with Crippen LogP contribution in [0.5, 0.6) is 5.75 Å². The molecule has 5 heteroatoms. The number of hydrogen-bond acceptors (Lipinski definition) is 5. The molecule has 1 aromatic carbocycles. The Morgan fingerprint density at radius 3 is 2.16 bits per heavy atom. The highest BCUT2D eigenvalue weighted by Crippen LogP contribution is 2.43. The first-order valence-corrected chi connectivity index (χ1v) is 10.2. The Hall–Kier alpha value is -0.910. The van der Waals surface area contributed by atoms with Crippen molar-refractivity contribution in [2.24, 2.45) is 5.73 Å². The maximum absolute atomic E-state index is 6.35. The smallest absolute Gasteiger partial charge is 0.154 e. The topological polar surface area (TPSA) is 56.5 Å². The van der Waals surface area contributed by atoms with Gasteiger partial charge in [-0.3, -0.25) is 0 Å². The summed E-state index contributed by atoms with van der Waals surface area (Å²) in [4.78, 5) is -0.691. The fourth-order valence-corrected chi connectivity index (χ4v) is 3.99. The fourth-order valence-electron chi connectivity index (χ4n) is 2.43. The van der Waals surface area contributed by atoms with E-state index >= 15 is 0 Å². The van der Waals surface area contributed by atoms with Crippen molar-refractivity contribution in [1.82, 2.24) is 0 Å². The fraction of sp³-hybridized carbons (Fsp3) is 0.700. The van der Waals surface area contributed by atoms with E-state index in [9.17, 15) is 0 Å². The van der Waals surface area contributed by atoms with E-state index in [4.69, 9.17) is 15.2 Å². The van der Waals surface area contributed by atoms with Gasteiger partial charge in [0.05, 0.1) is 6.10 Å². The molecule has 3 atom stereocenters. The standard InChI is InChI=1S/C20H36N2O2S/c1-7-14-22-17-10-12-18(13-11-17)24-20(6,9-3)25-19(5,8-2)23-16(4)15-21/h10-13,16,22H,7-9,14-15,21H2,1-6H3. The van der Waals surface area contributed by atoms with Crippen molar-refractivity contribution in [3.8, 4) is 5.75 Å². The largest absolute Gasteiger partial charge is 0.477 e. The van der Waals surface area contributed by atoms with E-state index in [-0.39, 0.29) is 16.0 Å². The number of ether oxygens (including phenoxy) is 2. The molecule has 3 N–H and O–H groups in total. The molecular formula is C20H36N2O2S. The minimum Gasteiger partial charge on any atom is -0.477 e. The number of benzene rings is 1. The molecule has 3 unspecified atom stereocenters. The molecule has 0 bridgehead atoms. The highest BCUT2D eigenvalue weighted by Gasteiger charge is 2.37. The Morgan fingerprint density at radius 1 is 1.08 bits per heavy atom. The van der Waals surface area contributed by atoms with E-state index in [1.807, 2.05) is 19.1 Å². The van der Waals surface area contributed by atoms with Crippen LogP contribution in [-0.4, -0.2) is 29.1 Å². The molecule has 1 rings (SSSR count). The molecule has 4 nitrogen and oxygen atoms in total. The molecule has 0 aromatic heterocycles. The van der Waals surface area contributed by atoms with Crippen LogP contribution in [0.25, 0.3) is 0 Å². The van der Waals surface area contributed by atoms with Crippen LogP contribution in [0.2, 0.25) is 0 Å². The number of nitrogens with one attached hydrogen (secondary N) is 1. The number of thioether (sulfide) groups is 1. The molecule has 0 saturated heterocycles. The summed E-state index contributed by atoms with van der Waals surface area (Å²) in [5, 5.41) is 3.38. The van der Waals surface area contributed by atoms with Crippen LogP contribution in [0.1, 0.15) is 60.8 Å². The summed E-state index contributed by atoms with van der Waals surface area (Å²) in [6.45, 7) is 14.2. The van der Waals surface area contributed by atoms with Crippen LogP contribution in [0, 0.1) is 0 Å². The summed E-state index contributed by atoms with van der Waals surface area (Å²) < 4.78 is 12.5. The van der Waals surface area contributed by atoms with Crippen molar-refractivity contribution in [2.75, 3.05) is 18.4 Å². The van der Waals surface area contributed by atoms with Crippen LogP contribution in [0.3, 0.4) is 0 Å². The van der Waals surface area contributed by atoms with Gasteiger partial charge in [0.15, 0.2) is 4.93 Å². The monoisotopic (exact) mass is 368 g/mol. The van der Waals surface area contributed by atoms with Crippen molar-refractivity contribution in [1.29, 1.82) is 0 Å². The lowest BCUT2D eigenvalue weighted by molar-refractivity contribution is -0.0152. The van der Waals surface area contributed by atoms with Crippen molar-refractivity contribution < 1.29 is 9.47 Å². The number of rotatable bonds is 12. The van der Waals surface area contributed by atoms with Gasteiger partial charge in [0.1, 0.15) is 10.7 Å². The van der Waals surface area contributed by atoms with Crippen LogP contribution >= 0.6 is 11.8 Å². The van der Waals surface area contributed by atoms with E-state index in [2.05, 4.69) is 52.1 Å². The second-order valence-electron chi connectivity index (χ2n) is 6.79. The molecular weight excluding hydrogens is 332 g/mol. The van der Waals surface area contributed by atoms with Crippen LogP contribution in [-0.2, 0) is 4.74 Å². The average molecular weight is 369 g/mol. The lowest BCUT2D eigenvalue weighted by atomic mass is 10.2. The second-order valence-corrected chi connectivity index (χ2v) is 8.73. The zero-order valence-electron chi connectivity index (χ0n) is 16.7. The lowest BCUT2D eigenvalue weighted by Gasteiger charge is -2.39. The van der Waals surface area contributed by atoms with Gasteiger partial charge in [0.2, 0.25) is 0 Å². The van der Waals surface area contributed by atoms with Gasteiger partial charge in [-0.25, -0.2) is 0 Å².